The fraction of sp³-hybridized carbons (Fsp3) is 0.450. The SMILES string of the molecule is CC(=O)N(CC(=O)Nc1cc(C)on1)c1ccc(N2CCC(C)CC2)cc1. The maximum Gasteiger partial charge on any atom is 0.245 e. The van der Waals surface area contributed by atoms with Crippen LogP contribution in [0.25, 0.3) is 0 Å². The van der Waals surface area contributed by atoms with Gasteiger partial charge >= 0.3 is 0 Å². The maximum absolute atomic E-state index is 12.3. The molecule has 2 aromatic rings. The predicted octanol–water partition coefficient (Wildman–Crippen LogP) is 3.21. The van der Waals surface area contributed by atoms with Crippen LogP contribution in [0.3, 0.4) is 0 Å². The van der Waals surface area contributed by atoms with Crippen molar-refractivity contribution >= 4 is 29.0 Å². The molecule has 1 aromatic carbocycles. The molecule has 0 bridgehead atoms. The first-order valence-electron chi connectivity index (χ1n) is 9.28. The summed E-state index contributed by atoms with van der Waals surface area (Å²) in [5.74, 6) is 1.21. The van der Waals surface area contributed by atoms with Gasteiger partial charge in [-0.3, -0.25) is 9.59 Å². The Bertz CT molecular complexity index is 792. The second-order valence-corrected chi connectivity index (χ2v) is 7.16. The first-order valence-corrected chi connectivity index (χ1v) is 9.28. The molecule has 2 heterocycles. The zero-order valence-corrected chi connectivity index (χ0v) is 16.1. The van der Waals surface area contributed by atoms with Crippen molar-refractivity contribution in [2.75, 3.05) is 34.8 Å². The minimum Gasteiger partial charge on any atom is -0.372 e. The van der Waals surface area contributed by atoms with Crippen LogP contribution < -0.4 is 15.1 Å². The molecule has 1 aromatic heterocycles. The molecule has 0 atom stereocenters. The number of nitrogens with zero attached hydrogens (tertiary/aromatic N) is 3. The molecule has 7 nitrogen and oxygen atoms in total. The normalized spacial score (nSPS) is 14.9. The summed E-state index contributed by atoms with van der Waals surface area (Å²) in [5, 5.41) is 6.37. The summed E-state index contributed by atoms with van der Waals surface area (Å²) in [6.07, 6.45) is 2.39. The van der Waals surface area contributed by atoms with Crippen LogP contribution in [-0.2, 0) is 9.59 Å². The van der Waals surface area contributed by atoms with Crippen LogP contribution in [0.5, 0.6) is 0 Å². The first-order chi connectivity index (χ1) is 12.9. The van der Waals surface area contributed by atoms with Crippen molar-refractivity contribution in [2.24, 2.45) is 5.92 Å². The summed E-state index contributed by atoms with van der Waals surface area (Å²) in [6.45, 7) is 7.51. The van der Waals surface area contributed by atoms with Crippen LogP contribution in [0.1, 0.15) is 32.4 Å². The van der Waals surface area contributed by atoms with Gasteiger partial charge in [-0.05, 0) is 49.9 Å². The first kappa shape index (κ1) is 18.9. The number of carbonyl (C=O) groups excluding carboxylic acids is 2. The number of amides is 2. The van der Waals surface area contributed by atoms with E-state index >= 15 is 0 Å². The molecule has 144 valence electrons. The molecule has 3 rings (SSSR count). The Balaban J connectivity index is 1.65. The number of piperidine rings is 1. The second-order valence-electron chi connectivity index (χ2n) is 7.16. The molecule has 0 spiro atoms. The van der Waals surface area contributed by atoms with Crippen molar-refractivity contribution < 1.29 is 14.1 Å². The van der Waals surface area contributed by atoms with E-state index < -0.39 is 0 Å². The number of rotatable bonds is 5. The zero-order valence-electron chi connectivity index (χ0n) is 16.1. The average molecular weight is 370 g/mol. The van der Waals surface area contributed by atoms with Crippen LogP contribution in [-0.4, -0.2) is 36.6 Å². The summed E-state index contributed by atoms with van der Waals surface area (Å²) in [6, 6.07) is 9.44. The van der Waals surface area contributed by atoms with Crippen molar-refractivity contribution in [3.63, 3.8) is 0 Å². The summed E-state index contributed by atoms with van der Waals surface area (Å²) in [5.41, 5.74) is 1.85. The Morgan fingerprint density at radius 2 is 1.93 bits per heavy atom. The largest absolute Gasteiger partial charge is 0.372 e. The van der Waals surface area contributed by atoms with E-state index in [2.05, 4.69) is 22.3 Å². The Labute approximate surface area is 159 Å². The van der Waals surface area contributed by atoms with Crippen LogP contribution >= 0.6 is 0 Å². The van der Waals surface area contributed by atoms with E-state index in [4.69, 9.17) is 4.52 Å². The zero-order chi connectivity index (χ0) is 19.4. The van der Waals surface area contributed by atoms with Crippen LogP contribution in [0.2, 0.25) is 0 Å². The fourth-order valence-corrected chi connectivity index (χ4v) is 3.25. The molecule has 27 heavy (non-hydrogen) atoms. The molecule has 0 saturated carbocycles. The van der Waals surface area contributed by atoms with Crippen molar-refractivity contribution in [3.8, 4) is 0 Å². The maximum atomic E-state index is 12.3. The third-order valence-electron chi connectivity index (χ3n) is 4.89. The van der Waals surface area contributed by atoms with Crippen molar-refractivity contribution in [1.82, 2.24) is 5.16 Å². The highest BCUT2D eigenvalue weighted by Crippen LogP contribution is 2.25. The Morgan fingerprint density at radius 3 is 2.48 bits per heavy atom. The second kappa shape index (κ2) is 8.24. The number of benzene rings is 1. The summed E-state index contributed by atoms with van der Waals surface area (Å²) in [7, 11) is 0. The van der Waals surface area contributed by atoms with E-state index in [1.807, 2.05) is 24.3 Å². The molecule has 7 heteroatoms. The monoisotopic (exact) mass is 370 g/mol. The third-order valence-corrected chi connectivity index (χ3v) is 4.89. The van der Waals surface area contributed by atoms with E-state index in [0.29, 0.717) is 17.3 Å². The van der Waals surface area contributed by atoms with Gasteiger partial charge in [-0.15, -0.1) is 0 Å². The van der Waals surface area contributed by atoms with Gasteiger partial charge in [-0.2, -0.15) is 0 Å². The molecule has 1 aliphatic heterocycles. The quantitative estimate of drug-likeness (QED) is 0.874. The number of aryl methyl sites for hydroxylation is 1. The summed E-state index contributed by atoms with van der Waals surface area (Å²) < 4.78 is 4.93. The van der Waals surface area contributed by atoms with E-state index in [9.17, 15) is 9.59 Å². The molecular formula is C20H26N4O3. The highest BCUT2D eigenvalue weighted by molar-refractivity contribution is 6.01. The highest BCUT2D eigenvalue weighted by atomic mass is 16.5. The van der Waals surface area contributed by atoms with Gasteiger partial charge in [0, 0.05) is 37.5 Å². The summed E-state index contributed by atoms with van der Waals surface area (Å²) >= 11 is 0. The lowest BCUT2D eigenvalue weighted by Gasteiger charge is -2.32. The lowest BCUT2D eigenvalue weighted by atomic mass is 9.99. The Kier molecular flexibility index (Phi) is 5.78. The van der Waals surface area contributed by atoms with Gasteiger partial charge in [-0.1, -0.05) is 12.1 Å². The van der Waals surface area contributed by atoms with Gasteiger partial charge in [0.25, 0.3) is 0 Å². The number of aromatic nitrogens is 1. The topological polar surface area (TPSA) is 78.7 Å². The van der Waals surface area contributed by atoms with E-state index in [1.54, 1.807) is 13.0 Å². The molecule has 0 radical (unpaired) electrons. The van der Waals surface area contributed by atoms with E-state index in [0.717, 1.165) is 24.7 Å². The Hall–Kier alpha value is -2.83. The van der Waals surface area contributed by atoms with Crippen LogP contribution in [0.15, 0.2) is 34.9 Å². The minimum absolute atomic E-state index is 0.0815. The molecule has 1 fully saturated rings. The van der Waals surface area contributed by atoms with E-state index in [-0.39, 0.29) is 18.4 Å². The third kappa shape index (κ3) is 4.87. The van der Waals surface area contributed by atoms with Gasteiger partial charge < -0.3 is 19.6 Å². The Morgan fingerprint density at radius 1 is 1.26 bits per heavy atom. The molecule has 1 aliphatic rings. The smallest absolute Gasteiger partial charge is 0.245 e. The molecule has 2 amide bonds. The summed E-state index contributed by atoms with van der Waals surface area (Å²) in [4.78, 5) is 28.1. The lowest BCUT2D eigenvalue weighted by molar-refractivity contribution is -0.120. The number of anilines is 3. The van der Waals surface area contributed by atoms with Gasteiger partial charge in [-0.25, -0.2) is 0 Å². The standard InChI is InChI=1S/C20H26N4O3/c1-14-8-10-23(11-9-14)17-4-6-18(7-5-17)24(16(3)25)13-20(26)21-19-12-15(2)27-22-19/h4-7,12,14H,8-11,13H2,1-3H3,(H,21,22,26). The van der Waals surface area contributed by atoms with E-state index in [1.165, 1.54) is 24.7 Å². The molecule has 1 saturated heterocycles. The molecule has 0 unspecified atom stereocenters. The van der Waals surface area contributed by atoms with Gasteiger partial charge in [0.15, 0.2) is 5.82 Å². The number of nitrogens with one attached hydrogen (secondary N) is 1. The van der Waals surface area contributed by atoms with Crippen molar-refractivity contribution in [3.05, 3.63) is 36.1 Å². The molecule has 0 aliphatic carbocycles. The lowest BCUT2D eigenvalue weighted by Crippen LogP contribution is -2.37. The molecule has 1 N–H and O–H groups in total. The predicted molar refractivity (Wildman–Crippen MR) is 105 cm³/mol. The number of hydrogen-bond donors (Lipinski definition) is 1. The fourth-order valence-electron chi connectivity index (χ4n) is 3.25. The van der Waals surface area contributed by atoms with Crippen molar-refractivity contribution in [1.29, 1.82) is 0 Å². The van der Waals surface area contributed by atoms with Crippen LogP contribution in [0.4, 0.5) is 17.2 Å². The van der Waals surface area contributed by atoms with Gasteiger partial charge in [0.2, 0.25) is 11.8 Å². The molecular weight excluding hydrogens is 344 g/mol. The highest BCUT2D eigenvalue weighted by Gasteiger charge is 2.19. The van der Waals surface area contributed by atoms with Gasteiger partial charge in [0.1, 0.15) is 12.3 Å². The number of carbonyl (C=O) groups is 2. The average Bonchev–Trinajstić information content (AvgIpc) is 3.05. The number of hydrogen-bond acceptors (Lipinski definition) is 5. The van der Waals surface area contributed by atoms with Crippen LogP contribution in [0, 0.1) is 12.8 Å². The van der Waals surface area contributed by atoms with Crippen molar-refractivity contribution in [2.45, 2.75) is 33.6 Å². The van der Waals surface area contributed by atoms with Gasteiger partial charge in [0.05, 0.1) is 0 Å². The minimum atomic E-state index is -0.326.